The largest absolute Gasteiger partial charge is 0.462 e. The van der Waals surface area contributed by atoms with Gasteiger partial charge in [0.05, 0.1) is 12.0 Å². The van der Waals surface area contributed by atoms with E-state index in [1.54, 1.807) is 6.33 Å². The second kappa shape index (κ2) is 8.31. The van der Waals surface area contributed by atoms with Crippen LogP contribution in [0.15, 0.2) is 6.33 Å². The lowest BCUT2D eigenvalue weighted by Gasteiger charge is -2.37. The molecule has 0 radical (unpaired) electrons. The van der Waals surface area contributed by atoms with Crippen LogP contribution in [0.5, 0.6) is 0 Å². The van der Waals surface area contributed by atoms with Gasteiger partial charge in [-0.25, -0.2) is 14.8 Å². The van der Waals surface area contributed by atoms with Crippen LogP contribution in [-0.2, 0) is 4.74 Å². The number of nitrogens with zero attached hydrogens (tertiary/aromatic N) is 5. The average Bonchev–Trinajstić information content (AvgIpc) is 3.34. The molecule has 2 aromatic rings. The second-order valence-corrected chi connectivity index (χ2v) is 8.51. The van der Waals surface area contributed by atoms with Crippen LogP contribution in [0.25, 0.3) is 10.2 Å². The minimum Gasteiger partial charge on any atom is -0.462 e. The molecule has 2 saturated heterocycles. The standard InChI is InChI=1S/C20H29N5O2S/c1-4-23-8-10-24(11-9-23)15-6-7-25(12-15)18-16-14(3)17(20(26)27-5-2)28-19(16)22-13-21-18/h13,15H,4-12H2,1-3H3. The maximum Gasteiger partial charge on any atom is 0.348 e. The van der Waals surface area contributed by atoms with E-state index >= 15 is 0 Å². The Kier molecular flexibility index (Phi) is 5.80. The van der Waals surface area contributed by atoms with E-state index in [1.807, 2.05) is 13.8 Å². The summed E-state index contributed by atoms with van der Waals surface area (Å²) in [6.07, 6.45) is 2.78. The number of carbonyl (C=O) groups is 1. The summed E-state index contributed by atoms with van der Waals surface area (Å²) in [6, 6.07) is 0.576. The summed E-state index contributed by atoms with van der Waals surface area (Å²) in [7, 11) is 0. The van der Waals surface area contributed by atoms with Crippen LogP contribution in [0, 0.1) is 6.92 Å². The van der Waals surface area contributed by atoms with Crippen LogP contribution in [-0.4, -0.2) is 84.2 Å². The number of fused-ring (bicyclic) bond motifs is 1. The number of esters is 1. The van der Waals surface area contributed by atoms with Crippen molar-refractivity contribution in [2.24, 2.45) is 0 Å². The Morgan fingerprint density at radius 2 is 2.00 bits per heavy atom. The van der Waals surface area contributed by atoms with Crippen molar-refractivity contribution in [2.75, 3.05) is 57.3 Å². The third-order valence-corrected chi connectivity index (χ3v) is 7.18. The fourth-order valence-electron chi connectivity index (χ4n) is 4.36. The third kappa shape index (κ3) is 3.60. The SMILES string of the molecule is CCOC(=O)c1sc2ncnc(N3CCC(N4CCN(CC)CC4)C3)c2c1C. The number of carbonyl (C=O) groups excluding carboxylic acids is 1. The molecule has 7 nitrogen and oxygen atoms in total. The number of aromatic nitrogens is 2. The van der Waals surface area contributed by atoms with Gasteiger partial charge in [-0.05, 0) is 32.4 Å². The summed E-state index contributed by atoms with van der Waals surface area (Å²) in [6.45, 7) is 14.2. The van der Waals surface area contributed by atoms with Crippen molar-refractivity contribution in [1.82, 2.24) is 19.8 Å². The molecule has 8 heteroatoms. The van der Waals surface area contributed by atoms with Gasteiger partial charge in [-0.1, -0.05) is 6.92 Å². The monoisotopic (exact) mass is 403 g/mol. The van der Waals surface area contributed by atoms with Gasteiger partial charge in [0, 0.05) is 45.3 Å². The molecule has 152 valence electrons. The van der Waals surface area contributed by atoms with Crippen LogP contribution in [0.3, 0.4) is 0 Å². The maximum absolute atomic E-state index is 12.3. The van der Waals surface area contributed by atoms with Crippen molar-refractivity contribution in [1.29, 1.82) is 0 Å². The van der Waals surface area contributed by atoms with Gasteiger partial charge in [-0.15, -0.1) is 11.3 Å². The molecule has 2 aliphatic heterocycles. The molecule has 0 bridgehead atoms. The molecule has 0 aliphatic carbocycles. The van der Waals surface area contributed by atoms with Gasteiger partial charge in [0.25, 0.3) is 0 Å². The van der Waals surface area contributed by atoms with Gasteiger partial charge in [0.2, 0.25) is 0 Å². The van der Waals surface area contributed by atoms with Crippen molar-refractivity contribution in [3.63, 3.8) is 0 Å². The first-order valence-electron chi connectivity index (χ1n) is 10.2. The van der Waals surface area contributed by atoms with Crippen molar-refractivity contribution in [2.45, 2.75) is 33.2 Å². The predicted octanol–water partition coefficient (Wildman–Crippen LogP) is 2.39. The molecule has 0 N–H and O–H groups in total. The number of aryl methyl sites for hydroxylation is 1. The van der Waals surface area contributed by atoms with Gasteiger partial charge in [-0.3, -0.25) is 4.90 Å². The summed E-state index contributed by atoms with van der Waals surface area (Å²) in [5.41, 5.74) is 0.939. The maximum atomic E-state index is 12.3. The Morgan fingerprint density at radius 3 is 2.71 bits per heavy atom. The van der Waals surface area contributed by atoms with Crippen molar-refractivity contribution < 1.29 is 9.53 Å². The highest BCUT2D eigenvalue weighted by Crippen LogP contribution is 2.36. The van der Waals surface area contributed by atoms with Crippen molar-refractivity contribution in [3.05, 3.63) is 16.8 Å². The number of hydrogen-bond donors (Lipinski definition) is 0. The first kappa shape index (κ1) is 19.5. The smallest absolute Gasteiger partial charge is 0.348 e. The lowest BCUT2D eigenvalue weighted by Crippen LogP contribution is -2.50. The van der Waals surface area contributed by atoms with E-state index in [2.05, 4.69) is 31.6 Å². The highest BCUT2D eigenvalue weighted by molar-refractivity contribution is 7.20. The number of ether oxygens (including phenoxy) is 1. The van der Waals surface area contributed by atoms with Gasteiger partial charge in [0.15, 0.2) is 0 Å². The molecule has 0 saturated carbocycles. The van der Waals surface area contributed by atoms with Crippen molar-refractivity contribution in [3.8, 4) is 0 Å². The van der Waals surface area contributed by atoms with E-state index < -0.39 is 0 Å². The minimum absolute atomic E-state index is 0.262. The number of thiophene rings is 1. The van der Waals surface area contributed by atoms with E-state index in [-0.39, 0.29) is 5.97 Å². The first-order chi connectivity index (χ1) is 13.6. The van der Waals surface area contributed by atoms with Crippen LogP contribution in [0.1, 0.15) is 35.5 Å². The molecule has 2 fully saturated rings. The van der Waals surface area contributed by atoms with E-state index in [9.17, 15) is 4.79 Å². The fraction of sp³-hybridized carbons (Fsp3) is 0.650. The van der Waals surface area contributed by atoms with Gasteiger partial charge in [0.1, 0.15) is 21.9 Å². The second-order valence-electron chi connectivity index (χ2n) is 7.51. The topological polar surface area (TPSA) is 61.8 Å². The lowest BCUT2D eigenvalue weighted by atomic mass is 10.2. The molecule has 28 heavy (non-hydrogen) atoms. The van der Waals surface area contributed by atoms with Gasteiger partial charge in [-0.2, -0.15) is 0 Å². The van der Waals surface area contributed by atoms with E-state index in [1.165, 1.54) is 11.3 Å². The quantitative estimate of drug-likeness (QED) is 0.711. The zero-order valence-corrected chi connectivity index (χ0v) is 17.8. The highest BCUT2D eigenvalue weighted by Gasteiger charge is 2.32. The first-order valence-corrected chi connectivity index (χ1v) is 11.1. The molecule has 4 rings (SSSR count). The average molecular weight is 404 g/mol. The Labute approximate surface area is 170 Å². The molecule has 4 heterocycles. The molecule has 2 aromatic heterocycles. The summed E-state index contributed by atoms with van der Waals surface area (Å²) in [4.78, 5) is 30.4. The van der Waals surface area contributed by atoms with E-state index in [4.69, 9.17) is 4.74 Å². The van der Waals surface area contributed by atoms with Crippen molar-refractivity contribution >= 4 is 33.3 Å². The molecule has 0 amide bonds. The third-order valence-electron chi connectivity index (χ3n) is 6.00. The lowest BCUT2D eigenvalue weighted by molar-refractivity contribution is 0.0531. The molecule has 2 aliphatic rings. The van der Waals surface area contributed by atoms with Gasteiger partial charge >= 0.3 is 5.97 Å². The van der Waals surface area contributed by atoms with E-state index in [0.717, 1.165) is 73.8 Å². The summed E-state index contributed by atoms with van der Waals surface area (Å²) < 4.78 is 5.22. The summed E-state index contributed by atoms with van der Waals surface area (Å²) in [5, 5.41) is 1.01. The molecular formula is C20H29N5O2S. The Hall–Kier alpha value is -1.77. The van der Waals surface area contributed by atoms with Crippen LogP contribution >= 0.6 is 11.3 Å². The minimum atomic E-state index is -0.262. The number of hydrogen-bond acceptors (Lipinski definition) is 8. The molecular weight excluding hydrogens is 374 g/mol. The molecule has 0 spiro atoms. The molecule has 1 unspecified atom stereocenters. The zero-order chi connectivity index (χ0) is 19.7. The highest BCUT2D eigenvalue weighted by atomic mass is 32.1. The predicted molar refractivity (Wildman–Crippen MR) is 112 cm³/mol. The van der Waals surface area contributed by atoms with Crippen LogP contribution in [0.2, 0.25) is 0 Å². The summed E-state index contributed by atoms with van der Waals surface area (Å²) in [5.74, 6) is 0.700. The zero-order valence-electron chi connectivity index (χ0n) is 17.0. The van der Waals surface area contributed by atoms with Crippen LogP contribution < -0.4 is 4.90 Å². The van der Waals surface area contributed by atoms with Gasteiger partial charge < -0.3 is 14.5 Å². The fourth-order valence-corrected chi connectivity index (χ4v) is 5.40. The normalized spacial score (nSPS) is 21.5. The number of anilines is 1. The molecule has 0 aromatic carbocycles. The number of likely N-dealkylation sites (N-methyl/N-ethyl adjacent to an activating group) is 1. The Morgan fingerprint density at radius 1 is 1.21 bits per heavy atom. The Bertz CT molecular complexity index is 846. The van der Waals surface area contributed by atoms with E-state index in [0.29, 0.717) is 17.5 Å². The molecule has 1 atom stereocenters. The number of piperazine rings is 1. The van der Waals surface area contributed by atoms with Crippen LogP contribution in [0.4, 0.5) is 5.82 Å². The number of rotatable bonds is 5. The summed E-state index contributed by atoms with van der Waals surface area (Å²) >= 11 is 1.41. The Balaban J connectivity index is 1.54.